The first-order valence-electron chi connectivity index (χ1n) is 5.27. The number of rotatable bonds is 2. The van der Waals surface area contributed by atoms with Crippen LogP contribution in [0.2, 0.25) is 0 Å². The minimum Gasteiger partial charge on any atom is -0.218 e. The lowest BCUT2D eigenvalue weighted by Gasteiger charge is -2.08. The summed E-state index contributed by atoms with van der Waals surface area (Å²) in [7, 11) is -4.73. The van der Waals surface area contributed by atoms with Gasteiger partial charge in [0.05, 0.1) is 4.90 Å². The number of benzene rings is 1. The Bertz CT molecular complexity index is 747. The Kier molecular flexibility index (Phi) is 3.51. The number of hydrogen-bond acceptors (Lipinski definition) is 3. The molecular formula is C12H7F4NO2S. The van der Waals surface area contributed by atoms with Gasteiger partial charge >= 0.3 is 0 Å². The van der Waals surface area contributed by atoms with Crippen molar-refractivity contribution < 1.29 is 26.0 Å². The maximum Gasteiger partial charge on any atom is 0.253 e. The largest absolute Gasteiger partial charge is 0.253 e. The van der Waals surface area contributed by atoms with Crippen molar-refractivity contribution >= 4 is 9.84 Å². The lowest BCUT2D eigenvalue weighted by atomic mass is 10.2. The van der Waals surface area contributed by atoms with E-state index in [2.05, 4.69) is 4.98 Å². The molecule has 0 aliphatic heterocycles. The zero-order chi connectivity index (χ0) is 15.1. The highest BCUT2D eigenvalue weighted by atomic mass is 32.2. The Morgan fingerprint density at radius 2 is 1.35 bits per heavy atom. The van der Waals surface area contributed by atoms with Crippen molar-refractivity contribution in [2.24, 2.45) is 0 Å². The van der Waals surface area contributed by atoms with Crippen LogP contribution in [0.4, 0.5) is 17.6 Å². The van der Waals surface area contributed by atoms with Gasteiger partial charge in [0.25, 0.3) is 11.9 Å². The fourth-order valence-corrected chi connectivity index (χ4v) is 2.91. The Morgan fingerprint density at radius 1 is 0.900 bits per heavy atom. The van der Waals surface area contributed by atoms with E-state index in [1.807, 2.05) is 0 Å². The summed E-state index contributed by atoms with van der Waals surface area (Å²) in [4.78, 5) is 0.138. The van der Waals surface area contributed by atoms with Crippen LogP contribution in [0, 0.1) is 30.5 Å². The second-order valence-corrected chi connectivity index (χ2v) is 5.85. The molecule has 0 unspecified atom stereocenters. The van der Waals surface area contributed by atoms with E-state index in [1.54, 1.807) is 6.92 Å². The molecule has 2 aromatic rings. The first-order chi connectivity index (χ1) is 9.25. The monoisotopic (exact) mass is 305 g/mol. The van der Waals surface area contributed by atoms with Crippen LogP contribution in [0.1, 0.15) is 5.56 Å². The molecule has 0 saturated carbocycles. The maximum atomic E-state index is 13.5. The number of pyridine rings is 1. The second kappa shape index (κ2) is 4.86. The van der Waals surface area contributed by atoms with Crippen molar-refractivity contribution in [2.45, 2.75) is 16.7 Å². The van der Waals surface area contributed by atoms with Crippen molar-refractivity contribution in [2.75, 3.05) is 0 Å². The van der Waals surface area contributed by atoms with Gasteiger partial charge in [-0.15, -0.1) is 0 Å². The molecule has 20 heavy (non-hydrogen) atoms. The molecule has 0 radical (unpaired) electrons. The SMILES string of the molecule is Cc1ccc(S(=O)(=O)c2c(F)c(F)nc(F)c2F)cc1. The van der Waals surface area contributed by atoms with Gasteiger partial charge in [0.2, 0.25) is 9.84 Å². The summed E-state index contributed by atoms with van der Waals surface area (Å²) < 4.78 is 77.0. The average Bonchev–Trinajstić information content (AvgIpc) is 2.37. The predicted octanol–water partition coefficient (Wildman–Crippen LogP) is 2.78. The molecule has 106 valence electrons. The van der Waals surface area contributed by atoms with E-state index in [4.69, 9.17) is 0 Å². The molecule has 0 aliphatic carbocycles. The second-order valence-electron chi connectivity index (χ2n) is 3.97. The highest BCUT2D eigenvalue weighted by Gasteiger charge is 2.32. The molecule has 1 heterocycles. The third-order valence-corrected chi connectivity index (χ3v) is 4.35. The summed E-state index contributed by atoms with van der Waals surface area (Å²) in [6.07, 6.45) is 0. The zero-order valence-corrected chi connectivity index (χ0v) is 10.8. The quantitative estimate of drug-likeness (QED) is 0.633. The molecule has 0 bridgehead atoms. The lowest BCUT2D eigenvalue weighted by molar-refractivity contribution is 0.379. The number of aryl methyl sites for hydroxylation is 1. The fraction of sp³-hybridized carbons (Fsp3) is 0.0833. The number of nitrogens with zero attached hydrogens (tertiary/aromatic N) is 1. The van der Waals surface area contributed by atoms with Gasteiger partial charge < -0.3 is 0 Å². The van der Waals surface area contributed by atoms with Crippen LogP contribution in [0.25, 0.3) is 0 Å². The van der Waals surface area contributed by atoms with Gasteiger partial charge in [-0.3, -0.25) is 0 Å². The summed E-state index contributed by atoms with van der Waals surface area (Å²) in [5.74, 6) is -8.14. The van der Waals surface area contributed by atoms with Crippen LogP contribution >= 0.6 is 0 Å². The number of hydrogen-bond donors (Lipinski definition) is 0. The minimum atomic E-state index is -4.73. The molecule has 0 saturated heterocycles. The molecule has 8 heteroatoms. The Morgan fingerprint density at radius 3 is 1.80 bits per heavy atom. The lowest BCUT2D eigenvalue weighted by Crippen LogP contribution is -2.13. The minimum absolute atomic E-state index is 0.481. The van der Waals surface area contributed by atoms with E-state index in [0.29, 0.717) is 5.56 Å². The van der Waals surface area contributed by atoms with E-state index in [9.17, 15) is 26.0 Å². The van der Waals surface area contributed by atoms with Gasteiger partial charge in [0.15, 0.2) is 16.5 Å². The standard InChI is InChI=1S/C12H7F4NO2S/c1-6-2-4-7(5-3-6)20(18,19)10-8(13)11(15)17-12(16)9(10)14/h2-5H,1H3. The van der Waals surface area contributed by atoms with Gasteiger partial charge in [-0.2, -0.15) is 13.8 Å². The van der Waals surface area contributed by atoms with Crippen molar-refractivity contribution in [3.05, 3.63) is 53.4 Å². The smallest absolute Gasteiger partial charge is 0.218 e. The Labute approximate surface area is 111 Å². The molecule has 2 rings (SSSR count). The van der Waals surface area contributed by atoms with Crippen LogP contribution in [0.3, 0.4) is 0 Å². The van der Waals surface area contributed by atoms with E-state index < -0.39 is 43.2 Å². The third kappa shape index (κ3) is 2.26. The first kappa shape index (κ1) is 14.4. The van der Waals surface area contributed by atoms with Gasteiger partial charge in [-0.05, 0) is 19.1 Å². The molecule has 0 spiro atoms. The highest BCUT2D eigenvalue weighted by Crippen LogP contribution is 2.28. The van der Waals surface area contributed by atoms with E-state index in [1.165, 1.54) is 12.1 Å². The van der Waals surface area contributed by atoms with Crippen LogP contribution in [0.15, 0.2) is 34.1 Å². The van der Waals surface area contributed by atoms with E-state index in [0.717, 1.165) is 12.1 Å². The molecule has 0 amide bonds. The van der Waals surface area contributed by atoms with Crippen molar-refractivity contribution in [3.63, 3.8) is 0 Å². The molecule has 1 aromatic heterocycles. The van der Waals surface area contributed by atoms with Gasteiger partial charge in [-0.25, -0.2) is 17.2 Å². The summed E-state index contributed by atoms with van der Waals surface area (Å²) in [5, 5.41) is 0. The van der Waals surface area contributed by atoms with Crippen LogP contribution < -0.4 is 0 Å². The molecule has 0 fully saturated rings. The normalized spacial score (nSPS) is 11.7. The van der Waals surface area contributed by atoms with Crippen LogP contribution in [-0.2, 0) is 9.84 Å². The number of sulfone groups is 1. The van der Waals surface area contributed by atoms with Crippen molar-refractivity contribution in [3.8, 4) is 0 Å². The summed E-state index contributed by atoms with van der Waals surface area (Å²) in [6.45, 7) is 1.67. The first-order valence-corrected chi connectivity index (χ1v) is 6.75. The number of aromatic nitrogens is 1. The topological polar surface area (TPSA) is 47.0 Å². The maximum absolute atomic E-state index is 13.5. The summed E-state index contributed by atoms with van der Waals surface area (Å²) in [6, 6.07) is 4.94. The van der Waals surface area contributed by atoms with Gasteiger partial charge in [0, 0.05) is 0 Å². The van der Waals surface area contributed by atoms with Gasteiger partial charge in [-0.1, -0.05) is 17.7 Å². The predicted molar refractivity (Wildman–Crippen MR) is 60.7 cm³/mol. The molecule has 0 aliphatic rings. The molecule has 0 atom stereocenters. The zero-order valence-electron chi connectivity index (χ0n) is 9.99. The van der Waals surface area contributed by atoms with Crippen molar-refractivity contribution in [1.29, 1.82) is 0 Å². The fourth-order valence-electron chi connectivity index (χ4n) is 1.54. The molecule has 1 aromatic carbocycles. The Balaban J connectivity index is 2.76. The van der Waals surface area contributed by atoms with E-state index in [-0.39, 0.29) is 0 Å². The highest BCUT2D eigenvalue weighted by molar-refractivity contribution is 7.91. The van der Waals surface area contributed by atoms with Crippen LogP contribution in [0.5, 0.6) is 0 Å². The molecule has 0 N–H and O–H groups in total. The average molecular weight is 305 g/mol. The summed E-state index contributed by atoms with van der Waals surface area (Å²) >= 11 is 0. The van der Waals surface area contributed by atoms with Crippen LogP contribution in [-0.4, -0.2) is 13.4 Å². The summed E-state index contributed by atoms with van der Waals surface area (Å²) in [5.41, 5.74) is 0.706. The van der Waals surface area contributed by atoms with Crippen molar-refractivity contribution in [1.82, 2.24) is 4.98 Å². The van der Waals surface area contributed by atoms with Gasteiger partial charge in [0.1, 0.15) is 0 Å². The third-order valence-electron chi connectivity index (χ3n) is 2.56. The molecular weight excluding hydrogens is 298 g/mol. The Hall–Kier alpha value is -1.96. The van der Waals surface area contributed by atoms with E-state index >= 15 is 0 Å². The molecule has 3 nitrogen and oxygen atoms in total. The number of halogens is 4.